The van der Waals surface area contributed by atoms with E-state index in [1.165, 1.54) is 29.5 Å². The van der Waals surface area contributed by atoms with Crippen LogP contribution >= 0.6 is 0 Å². The Bertz CT molecular complexity index is 1000. The van der Waals surface area contributed by atoms with Gasteiger partial charge in [0, 0.05) is 32.4 Å². The highest BCUT2D eigenvalue weighted by Gasteiger charge is 2.25. The predicted molar refractivity (Wildman–Crippen MR) is 116 cm³/mol. The van der Waals surface area contributed by atoms with Gasteiger partial charge in [0.1, 0.15) is 0 Å². The number of hydrogen-bond donors (Lipinski definition) is 1. The Morgan fingerprint density at radius 1 is 1.21 bits per heavy atom. The molecule has 1 atom stereocenters. The van der Waals surface area contributed by atoms with E-state index in [0.717, 1.165) is 24.1 Å². The van der Waals surface area contributed by atoms with Gasteiger partial charge in [-0.2, -0.15) is 0 Å². The van der Waals surface area contributed by atoms with Crippen LogP contribution in [0.5, 0.6) is 0 Å². The van der Waals surface area contributed by atoms with E-state index in [-0.39, 0.29) is 23.4 Å². The van der Waals surface area contributed by atoms with Gasteiger partial charge in [-0.15, -0.1) is 0 Å². The van der Waals surface area contributed by atoms with E-state index in [9.17, 15) is 13.2 Å². The molecule has 0 bridgehead atoms. The van der Waals surface area contributed by atoms with Crippen molar-refractivity contribution in [3.8, 4) is 0 Å². The van der Waals surface area contributed by atoms with Crippen LogP contribution in [0, 0.1) is 6.92 Å². The molecule has 7 heteroatoms. The number of hydrogen-bond acceptors (Lipinski definition) is 4. The summed E-state index contributed by atoms with van der Waals surface area (Å²) in [5, 5.41) is 3.07. The highest BCUT2D eigenvalue weighted by molar-refractivity contribution is 7.89. The van der Waals surface area contributed by atoms with E-state index in [0.29, 0.717) is 6.54 Å². The Morgan fingerprint density at radius 3 is 2.62 bits per heavy atom. The Kier molecular flexibility index (Phi) is 6.29. The molecule has 0 aromatic heterocycles. The molecule has 2 aromatic rings. The molecule has 1 aliphatic heterocycles. The second-order valence-electron chi connectivity index (χ2n) is 7.85. The first-order valence-corrected chi connectivity index (χ1v) is 11.3. The number of amides is 1. The van der Waals surface area contributed by atoms with Crippen molar-refractivity contribution in [1.82, 2.24) is 9.62 Å². The van der Waals surface area contributed by atoms with Crippen molar-refractivity contribution < 1.29 is 13.2 Å². The summed E-state index contributed by atoms with van der Waals surface area (Å²) in [5.41, 5.74) is 4.35. The minimum absolute atomic E-state index is 0.0196. The molecule has 0 spiro atoms. The topological polar surface area (TPSA) is 69.7 Å². The van der Waals surface area contributed by atoms with Gasteiger partial charge in [0.2, 0.25) is 15.9 Å². The SMILES string of the molecule is Cc1ccccc1CC(C)NC(=O)CN1CCc2ccc(S(=O)(=O)N(C)C)cc21. The molecule has 29 heavy (non-hydrogen) atoms. The molecule has 1 aliphatic rings. The van der Waals surface area contributed by atoms with Crippen LogP contribution in [0.2, 0.25) is 0 Å². The average molecular weight is 416 g/mol. The number of benzene rings is 2. The van der Waals surface area contributed by atoms with Crippen LogP contribution in [-0.4, -0.2) is 51.9 Å². The smallest absolute Gasteiger partial charge is 0.242 e. The summed E-state index contributed by atoms with van der Waals surface area (Å²) in [7, 11) is -0.467. The molecule has 0 fully saturated rings. The van der Waals surface area contributed by atoms with E-state index in [1.807, 2.05) is 30.0 Å². The third-order valence-corrected chi connectivity index (χ3v) is 7.17. The number of sulfonamides is 1. The van der Waals surface area contributed by atoms with Crippen molar-refractivity contribution in [2.75, 3.05) is 32.1 Å². The second-order valence-corrected chi connectivity index (χ2v) is 10.0. The zero-order valence-electron chi connectivity index (χ0n) is 17.5. The Morgan fingerprint density at radius 2 is 1.93 bits per heavy atom. The number of carbonyl (C=O) groups is 1. The first-order valence-electron chi connectivity index (χ1n) is 9.82. The number of aryl methyl sites for hydroxylation is 1. The Hall–Kier alpha value is -2.38. The number of carbonyl (C=O) groups excluding carboxylic acids is 1. The number of rotatable bonds is 7. The van der Waals surface area contributed by atoms with Gasteiger partial charge in [0.15, 0.2) is 0 Å². The molecule has 0 saturated heterocycles. The summed E-state index contributed by atoms with van der Waals surface area (Å²) in [5.74, 6) is -0.0557. The lowest BCUT2D eigenvalue weighted by Crippen LogP contribution is -2.41. The normalized spacial score (nSPS) is 14.7. The highest BCUT2D eigenvalue weighted by Crippen LogP contribution is 2.31. The molecule has 1 amide bonds. The van der Waals surface area contributed by atoms with Crippen LogP contribution in [0.15, 0.2) is 47.4 Å². The Labute approximate surface area is 173 Å². The molecule has 156 valence electrons. The minimum atomic E-state index is -3.50. The van der Waals surface area contributed by atoms with Crippen molar-refractivity contribution in [3.05, 3.63) is 59.2 Å². The lowest BCUT2D eigenvalue weighted by atomic mass is 10.0. The molecule has 1 unspecified atom stereocenters. The van der Waals surface area contributed by atoms with Crippen LogP contribution < -0.4 is 10.2 Å². The largest absolute Gasteiger partial charge is 0.362 e. The van der Waals surface area contributed by atoms with Crippen LogP contribution in [0.1, 0.15) is 23.6 Å². The number of nitrogens with zero attached hydrogens (tertiary/aromatic N) is 2. The third kappa shape index (κ3) is 4.79. The number of fused-ring (bicyclic) bond motifs is 1. The maximum absolute atomic E-state index is 12.6. The van der Waals surface area contributed by atoms with Crippen molar-refractivity contribution in [2.45, 2.75) is 37.6 Å². The van der Waals surface area contributed by atoms with Gasteiger partial charge in [-0.3, -0.25) is 4.79 Å². The summed E-state index contributed by atoms with van der Waals surface area (Å²) in [6.07, 6.45) is 1.59. The van der Waals surface area contributed by atoms with Gasteiger partial charge in [0.25, 0.3) is 0 Å². The third-order valence-electron chi connectivity index (χ3n) is 5.36. The summed E-state index contributed by atoms with van der Waals surface area (Å²) in [6, 6.07) is 13.4. The van der Waals surface area contributed by atoms with Gasteiger partial charge < -0.3 is 10.2 Å². The molecule has 2 aromatic carbocycles. The maximum atomic E-state index is 12.6. The monoisotopic (exact) mass is 415 g/mol. The summed E-state index contributed by atoms with van der Waals surface area (Å²) in [6.45, 7) is 5.01. The van der Waals surface area contributed by atoms with Gasteiger partial charge >= 0.3 is 0 Å². The van der Waals surface area contributed by atoms with Crippen LogP contribution in [0.4, 0.5) is 5.69 Å². The Balaban J connectivity index is 1.66. The molecule has 0 saturated carbocycles. The number of nitrogens with one attached hydrogen (secondary N) is 1. The zero-order valence-corrected chi connectivity index (χ0v) is 18.3. The highest BCUT2D eigenvalue weighted by atomic mass is 32.2. The predicted octanol–water partition coefficient (Wildman–Crippen LogP) is 2.36. The van der Waals surface area contributed by atoms with Crippen LogP contribution in [0.25, 0.3) is 0 Å². The van der Waals surface area contributed by atoms with Gasteiger partial charge in [-0.05, 0) is 55.5 Å². The molecule has 3 rings (SSSR count). The molecule has 1 N–H and O–H groups in total. The quantitative estimate of drug-likeness (QED) is 0.754. The van der Waals surface area contributed by atoms with Crippen molar-refractivity contribution in [2.24, 2.45) is 0 Å². The van der Waals surface area contributed by atoms with E-state index in [1.54, 1.807) is 12.1 Å². The molecular formula is C22H29N3O3S. The standard InChI is InChI=1S/C22H29N3O3S/c1-16-7-5-6-8-19(16)13-17(2)23-22(26)15-25-12-11-18-9-10-20(14-21(18)25)29(27,28)24(3)4/h5-10,14,17H,11-13,15H2,1-4H3,(H,23,26). The molecule has 0 radical (unpaired) electrons. The van der Waals surface area contributed by atoms with Crippen LogP contribution in [0.3, 0.4) is 0 Å². The summed E-state index contributed by atoms with van der Waals surface area (Å²) >= 11 is 0. The first kappa shape index (κ1) is 21.3. The fourth-order valence-corrected chi connectivity index (χ4v) is 4.60. The fourth-order valence-electron chi connectivity index (χ4n) is 3.67. The molecule has 6 nitrogen and oxygen atoms in total. The molecule has 0 aliphatic carbocycles. The van der Waals surface area contributed by atoms with E-state index in [4.69, 9.17) is 0 Å². The van der Waals surface area contributed by atoms with Crippen LogP contribution in [-0.2, 0) is 27.7 Å². The zero-order chi connectivity index (χ0) is 21.2. The lowest BCUT2D eigenvalue weighted by molar-refractivity contribution is -0.120. The van der Waals surface area contributed by atoms with Gasteiger partial charge in [-0.25, -0.2) is 12.7 Å². The van der Waals surface area contributed by atoms with E-state index >= 15 is 0 Å². The van der Waals surface area contributed by atoms with Gasteiger partial charge in [0.05, 0.1) is 11.4 Å². The minimum Gasteiger partial charge on any atom is -0.362 e. The lowest BCUT2D eigenvalue weighted by Gasteiger charge is -2.22. The van der Waals surface area contributed by atoms with Gasteiger partial charge in [-0.1, -0.05) is 30.3 Å². The second kappa shape index (κ2) is 8.55. The van der Waals surface area contributed by atoms with E-state index in [2.05, 4.69) is 24.4 Å². The number of anilines is 1. The average Bonchev–Trinajstić information content (AvgIpc) is 3.05. The van der Waals surface area contributed by atoms with Crippen molar-refractivity contribution in [3.63, 3.8) is 0 Å². The van der Waals surface area contributed by atoms with Crippen molar-refractivity contribution in [1.29, 1.82) is 0 Å². The summed E-state index contributed by atoms with van der Waals surface area (Å²) < 4.78 is 26.1. The molecular weight excluding hydrogens is 386 g/mol. The maximum Gasteiger partial charge on any atom is 0.242 e. The fraction of sp³-hybridized carbons (Fsp3) is 0.409. The first-order chi connectivity index (χ1) is 13.7. The molecule has 1 heterocycles. The van der Waals surface area contributed by atoms with Crippen molar-refractivity contribution >= 4 is 21.6 Å². The summed E-state index contributed by atoms with van der Waals surface area (Å²) in [4.78, 5) is 14.8. The van der Waals surface area contributed by atoms with E-state index < -0.39 is 10.0 Å².